The zero-order chi connectivity index (χ0) is 19.5. The van der Waals surface area contributed by atoms with E-state index in [0.29, 0.717) is 5.69 Å². The zero-order valence-electron chi connectivity index (χ0n) is 16.0. The first-order valence-electron chi connectivity index (χ1n) is 8.50. The van der Waals surface area contributed by atoms with Crippen molar-refractivity contribution in [2.24, 2.45) is 0 Å². The fourth-order valence-electron chi connectivity index (χ4n) is 3.12. The first kappa shape index (κ1) is 20.0. The average Bonchev–Trinajstić information content (AvgIpc) is 2.47. The molecule has 0 aliphatic heterocycles. The molecule has 1 N–H and O–H groups in total. The second-order valence-electron chi connectivity index (χ2n) is 6.75. The molecule has 6 heteroatoms. The summed E-state index contributed by atoms with van der Waals surface area (Å²) in [5.74, 6) is -0.213. The smallest absolute Gasteiger partial charge is 0.232 e. The zero-order valence-corrected chi connectivity index (χ0v) is 16.8. The van der Waals surface area contributed by atoms with Gasteiger partial charge >= 0.3 is 0 Å². The Morgan fingerprint density at radius 2 is 1.54 bits per heavy atom. The molecule has 26 heavy (non-hydrogen) atoms. The Hall–Kier alpha value is -2.34. The molecule has 0 fully saturated rings. The lowest BCUT2D eigenvalue weighted by molar-refractivity contribution is -0.116. The molecule has 0 aliphatic rings. The van der Waals surface area contributed by atoms with Crippen molar-refractivity contribution in [3.05, 3.63) is 58.7 Å². The maximum Gasteiger partial charge on any atom is 0.232 e. The van der Waals surface area contributed by atoms with Crippen LogP contribution >= 0.6 is 0 Å². The number of benzene rings is 2. The summed E-state index contributed by atoms with van der Waals surface area (Å²) in [5, 5.41) is 2.85. The van der Waals surface area contributed by atoms with E-state index in [2.05, 4.69) is 5.32 Å². The number of anilines is 2. The fraction of sp³-hybridized carbons (Fsp3) is 0.350. The number of carbonyl (C=O) groups is 1. The molecule has 140 valence electrons. The van der Waals surface area contributed by atoms with Gasteiger partial charge in [-0.2, -0.15) is 0 Å². The molecule has 0 radical (unpaired) electrons. The summed E-state index contributed by atoms with van der Waals surface area (Å²) in [6.07, 6.45) is 1.24. The van der Waals surface area contributed by atoms with Crippen LogP contribution in [0.15, 0.2) is 36.4 Å². The van der Waals surface area contributed by atoms with E-state index in [4.69, 9.17) is 0 Å². The minimum Gasteiger partial charge on any atom is -0.326 e. The number of nitrogens with zero attached hydrogens (tertiary/aromatic N) is 1. The largest absolute Gasteiger partial charge is 0.326 e. The number of hydrogen-bond acceptors (Lipinski definition) is 3. The van der Waals surface area contributed by atoms with Crippen molar-refractivity contribution in [3.63, 3.8) is 0 Å². The first-order valence-corrected chi connectivity index (χ1v) is 10.3. The molecule has 5 nitrogen and oxygen atoms in total. The van der Waals surface area contributed by atoms with Crippen LogP contribution in [0.4, 0.5) is 11.4 Å². The van der Waals surface area contributed by atoms with Crippen LogP contribution in [0.25, 0.3) is 0 Å². The molecule has 0 unspecified atom stereocenters. The molecule has 0 atom stereocenters. The van der Waals surface area contributed by atoms with Crippen molar-refractivity contribution < 1.29 is 13.2 Å². The highest BCUT2D eigenvalue weighted by atomic mass is 32.2. The third kappa shape index (κ3) is 5.08. The molecular weight excluding hydrogens is 348 g/mol. The van der Waals surface area contributed by atoms with Crippen molar-refractivity contribution in [3.8, 4) is 0 Å². The van der Waals surface area contributed by atoms with Crippen molar-refractivity contribution in [1.82, 2.24) is 0 Å². The standard InChI is InChI=1S/C20H26N2O3S/c1-14-11-15(2)13-18(12-14)21-19(23)9-10-22(26(5,24)25)20-16(3)7-6-8-17(20)4/h6-8,11-13H,9-10H2,1-5H3,(H,21,23). The van der Waals surface area contributed by atoms with Gasteiger partial charge in [0.1, 0.15) is 0 Å². The molecule has 2 rings (SSSR count). The molecule has 2 aromatic rings. The molecular formula is C20H26N2O3S. The maximum atomic E-state index is 12.3. The highest BCUT2D eigenvalue weighted by molar-refractivity contribution is 7.92. The van der Waals surface area contributed by atoms with Crippen LogP contribution in [0.2, 0.25) is 0 Å². The third-order valence-corrected chi connectivity index (χ3v) is 5.30. The Kier molecular flexibility index (Phi) is 6.08. The van der Waals surface area contributed by atoms with Gasteiger partial charge in [0.25, 0.3) is 0 Å². The highest BCUT2D eigenvalue weighted by Crippen LogP contribution is 2.27. The molecule has 0 aromatic heterocycles. The van der Waals surface area contributed by atoms with Gasteiger partial charge in [0.05, 0.1) is 11.9 Å². The van der Waals surface area contributed by atoms with E-state index < -0.39 is 10.0 Å². The van der Waals surface area contributed by atoms with E-state index in [-0.39, 0.29) is 18.9 Å². The minimum absolute atomic E-state index is 0.0772. The van der Waals surface area contributed by atoms with Gasteiger partial charge in [-0.05, 0) is 62.1 Å². The lowest BCUT2D eigenvalue weighted by Gasteiger charge is -2.25. The second kappa shape index (κ2) is 7.91. The molecule has 0 spiro atoms. The summed E-state index contributed by atoms with van der Waals surface area (Å²) in [6, 6.07) is 11.4. The highest BCUT2D eigenvalue weighted by Gasteiger charge is 2.21. The summed E-state index contributed by atoms with van der Waals surface area (Å²) < 4.78 is 25.9. The quantitative estimate of drug-likeness (QED) is 0.838. The van der Waals surface area contributed by atoms with Crippen molar-refractivity contribution in [1.29, 1.82) is 0 Å². The van der Waals surface area contributed by atoms with Gasteiger partial charge in [-0.15, -0.1) is 0 Å². The number of hydrogen-bond donors (Lipinski definition) is 1. The summed E-state index contributed by atoms with van der Waals surface area (Å²) >= 11 is 0. The van der Waals surface area contributed by atoms with Gasteiger partial charge in [-0.1, -0.05) is 24.3 Å². The summed E-state index contributed by atoms with van der Waals surface area (Å²) in [4.78, 5) is 12.3. The van der Waals surface area contributed by atoms with Crippen LogP contribution in [0.3, 0.4) is 0 Å². The molecule has 0 heterocycles. The summed E-state index contributed by atoms with van der Waals surface area (Å²) in [7, 11) is -3.49. The predicted octanol–water partition coefficient (Wildman–Crippen LogP) is 3.72. The Balaban J connectivity index is 2.16. The Morgan fingerprint density at radius 3 is 2.04 bits per heavy atom. The maximum absolute atomic E-state index is 12.3. The van der Waals surface area contributed by atoms with Crippen LogP contribution in [0, 0.1) is 27.7 Å². The number of carbonyl (C=O) groups excluding carboxylic acids is 1. The summed E-state index contributed by atoms with van der Waals surface area (Å²) in [5.41, 5.74) is 5.23. The molecule has 0 bridgehead atoms. The molecule has 1 amide bonds. The van der Waals surface area contributed by atoms with Crippen molar-refractivity contribution in [2.75, 3.05) is 22.4 Å². The van der Waals surface area contributed by atoms with Crippen LogP contribution in [0.1, 0.15) is 28.7 Å². The van der Waals surface area contributed by atoms with E-state index in [1.54, 1.807) is 0 Å². The number of nitrogens with one attached hydrogen (secondary N) is 1. The van der Waals surface area contributed by atoms with Gasteiger partial charge in [-0.3, -0.25) is 9.10 Å². The number of para-hydroxylation sites is 1. The number of sulfonamides is 1. The topological polar surface area (TPSA) is 66.5 Å². The van der Waals surface area contributed by atoms with Gasteiger partial charge in [0.15, 0.2) is 0 Å². The van der Waals surface area contributed by atoms with Crippen molar-refractivity contribution >= 4 is 27.3 Å². The van der Waals surface area contributed by atoms with Crippen LogP contribution in [-0.4, -0.2) is 27.1 Å². The van der Waals surface area contributed by atoms with E-state index in [1.807, 2.05) is 64.1 Å². The SMILES string of the molecule is Cc1cc(C)cc(NC(=O)CCN(c2c(C)cccc2C)S(C)(=O)=O)c1. The minimum atomic E-state index is -3.49. The van der Waals surface area contributed by atoms with Crippen LogP contribution in [0.5, 0.6) is 0 Å². The van der Waals surface area contributed by atoms with Gasteiger partial charge in [-0.25, -0.2) is 8.42 Å². The number of aryl methyl sites for hydroxylation is 4. The molecule has 0 saturated heterocycles. The van der Waals surface area contributed by atoms with Gasteiger partial charge in [0, 0.05) is 18.7 Å². The Morgan fingerprint density at radius 1 is 1.00 bits per heavy atom. The molecule has 2 aromatic carbocycles. The average molecular weight is 375 g/mol. The normalized spacial score (nSPS) is 11.3. The first-order chi connectivity index (χ1) is 12.1. The molecule has 0 aliphatic carbocycles. The van der Waals surface area contributed by atoms with Gasteiger partial charge < -0.3 is 5.32 Å². The Bertz CT molecular complexity index is 880. The van der Waals surface area contributed by atoms with E-state index in [0.717, 1.165) is 27.9 Å². The lowest BCUT2D eigenvalue weighted by atomic mass is 10.1. The molecule has 0 saturated carbocycles. The predicted molar refractivity (Wildman–Crippen MR) is 107 cm³/mol. The van der Waals surface area contributed by atoms with Gasteiger partial charge in [0.2, 0.25) is 15.9 Å². The van der Waals surface area contributed by atoms with Crippen LogP contribution < -0.4 is 9.62 Å². The van der Waals surface area contributed by atoms with Crippen LogP contribution in [-0.2, 0) is 14.8 Å². The lowest BCUT2D eigenvalue weighted by Crippen LogP contribution is -2.34. The number of amides is 1. The van der Waals surface area contributed by atoms with E-state index in [1.165, 1.54) is 10.6 Å². The van der Waals surface area contributed by atoms with E-state index in [9.17, 15) is 13.2 Å². The fourth-order valence-corrected chi connectivity index (χ4v) is 4.16. The Labute approximate surface area is 156 Å². The number of rotatable bonds is 6. The monoisotopic (exact) mass is 374 g/mol. The van der Waals surface area contributed by atoms with E-state index >= 15 is 0 Å². The third-order valence-electron chi connectivity index (χ3n) is 4.14. The second-order valence-corrected chi connectivity index (χ2v) is 8.66. The summed E-state index contributed by atoms with van der Waals surface area (Å²) in [6.45, 7) is 7.78. The van der Waals surface area contributed by atoms with Crippen molar-refractivity contribution in [2.45, 2.75) is 34.1 Å².